The van der Waals surface area contributed by atoms with Crippen molar-refractivity contribution in [1.82, 2.24) is 15.2 Å². The largest absolute Gasteiger partial charge is 0.419 e. The minimum absolute atomic E-state index is 0.105. The molecule has 1 aromatic carbocycles. The minimum atomic E-state index is -4.89. The van der Waals surface area contributed by atoms with Gasteiger partial charge in [-0.25, -0.2) is 9.37 Å². The summed E-state index contributed by atoms with van der Waals surface area (Å²) in [6.07, 6.45) is -1.26. The summed E-state index contributed by atoms with van der Waals surface area (Å²) in [7, 11) is 1.98. The Kier molecular flexibility index (Phi) is 6.80. The average molecular weight is 561 g/mol. The second-order valence-electron chi connectivity index (χ2n) is 10.0. The fraction of sp³-hybridized carbons (Fsp3) is 0.423. The van der Waals surface area contributed by atoms with E-state index in [1.54, 1.807) is 0 Å². The minimum Gasteiger partial charge on any atom is -0.349 e. The number of amides is 2. The molecule has 2 amide bonds. The van der Waals surface area contributed by atoms with Gasteiger partial charge in [-0.3, -0.25) is 14.5 Å². The van der Waals surface area contributed by atoms with Crippen molar-refractivity contribution in [3.8, 4) is 6.07 Å². The Morgan fingerprint density at radius 2 is 1.95 bits per heavy atom. The number of aromatic nitrogens is 1. The molecule has 0 bridgehead atoms. The highest BCUT2D eigenvalue weighted by Crippen LogP contribution is 2.49. The topological polar surface area (TPSA) is 92.6 Å². The van der Waals surface area contributed by atoms with Crippen molar-refractivity contribution in [3.63, 3.8) is 0 Å². The van der Waals surface area contributed by atoms with E-state index in [9.17, 15) is 22.8 Å². The summed E-state index contributed by atoms with van der Waals surface area (Å²) in [5.41, 5.74) is -4.04. The Bertz CT molecular complexity index is 1400. The molecule has 8 nitrogen and oxygen atoms in total. The Balaban J connectivity index is 1.50. The number of nitrogens with zero attached hydrogens (tertiary/aromatic N) is 5. The number of thiocarbonyl (C=S) groups is 1. The maximum absolute atomic E-state index is 15.9. The van der Waals surface area contributed by atoms with E-state index in [0.717, 1.165) is 37.0 Å². The maximum atomic E-state index is 15.9. The van der Waals surface area contributed by atoms with Crippen LogP contribution < -0.4 is 15.1 Å². The molecule has 3 fully saturated rings. The molecular weight excluding hydrogens is 536 g/mol. The molecule has 39 heavy (non-hydrogen) atoms. The van der Waals surface area contributed by atoms with Crippen molar-refractivity contribution in [2.75, 3.05) is 29.9 Å². The zero-order valence-corrected chi connectivity index (χ0v) is 21.7. The molecule has 2 aliphatic heterocycles. The van der Waals surface area contributed by atoms with E-state index < -0.39 is 40.6 Å². The lowest BCUT2D eigenvalue weighted by Crippen LogP contribution is -2.55. The zero-order chi connectivity index (χ0) is 28.1. The van der Waals surface area contributed by atoms with E-state index in [4.69, 9.17) is 17.5 Å². The van der Waals surface area contributed by atoms with Gasteiger partial charge in [0.05, 0.1) is 28.7 Å². The monoisotopic (exact) mass is 560 g/mol. The van der Waals surface area contributed by atoms with Crippen LogP contribution in [0.5, 0.6) is 0 Å². The first-order chi connectivity index (χ1) is 18.5. The molecular formula is C26H24F4N6O2S. The molecule has 1 N–H and O–H groups in total. The Labute approximate surface area is 227 Å². The zero-order valence-electron chi connectivity index (χ0n) is 20.9. The molecule has 1 saturated carbocycles. The first kappa shape index (κ1) is 27.0. The molecule has 0 atom stereocenters. The number of alkyl halides is 3. The predicted molar refractivity (Wildman–Crippen MR) is 137 cm³/mol. The standard InChI is InChI=1S/C26H24F4N6O2S/c1-34-10-6-15(7-11-34)33-22(37)17-4-2-5-20(21(17)27)36-24(39)35(23(38)25(36)8-3-9-25)16-12-18(26(28,29)30)19(13-31)32-14-16/h2,4-5,12,14-15H,3,6-11H2,1H3,(H,33,37). The predicted octanol–water partition coefficient (Wildman–Crippen LogP) is 4.00. The number of carbonyl (C=O) groups excluding carboxylic acids is 2. The third kappa shape index (κ3) is 4.51. The Morgan fingerprint density at radius 1 is 1.26 bits per heavy atom. The van der Waals surface area contributed by atoms with E-state index in [2.05, 4.69) is 15.2 Å². The molecule has 2 saturated heterocycles. The molecule has 1 aliphatic carbocycles. The number of hydrogen-bond donors (Lipinski definition) is 1. The third-order valence-electron chi connectivity index (χ3n) is 7.65. The van der Waals surface area contributed by atoms with Crippen molar-refractivity contribution >= 4 is 40.5 Å². The SMILES string of the molecule is CN1CCC(NC(=O)c2cccc(N3C(=S)N(c4cnc(C#N)c(C(F)(F)F)c4)C(=O)C34CCC4)c2F)CC1. The first-order valence-corrected chi connectivity index (χ1v) is 12.8. The van der Waals surface area contributed by atoms with Crippen LogP contribution in [0.25, 0.3) is 0 Å². The van der Waals surface area contributed by atoms with Gasteiger partial charge in [0.2, 0.25) is 0 Å². The summed E-state index contributed by atoms with van der Waals surface area (Å²) in [5.74, 6) is -2.08. The quantitative estimate of drug-likeness (QED) is 0.447. The molecule has 3 heterocycles. The third-order valence-corrected chi connectivity index (χ3v) is 8.02. The van der Waals surface area contributed by atoms with Gasteiger partial charge < -0.3 is 15.1 Å². The van der Waals surface area contributed by atoms with Gasteiger partial charge in [-0.1, -0.05) is 6.07 Å². The number of benzene rings is 1. The fourth-order valence-corrected chi connectivity index (χ4v) is 5.81. The second kappa shape index (κ2) is 9.84. The van der Waals surface area contributed by atoms with Crippen LogP contribution in [0.2, 0.25) is 0 Å². The van der Waals surface area contributed by atoms with E-state index >= 15 is 4.39 Å². The van der Waals surface area contributed by atoms with Crippen LogP contribution in [0.4, 0.5) is 28.9 Å². The van der Waals surface area contributed by atoms with E-state index in [1.165, 1.54) is 29.2 Å². The van der Waals surface area contributed by atoms with Crippen molar-refractivity contribution < 1.29 is 27.2 Å². The van der Waals surface area contributed by atoms with Crippen LogP contribution in [0.3, 0.4) is 0 Å². The molecule has 1 aromatic heterocycles. The molecule has 204 valence electrons. The van der Waals surface area contributed by atoms with Crippen molar-refractivity contribution in [3.05, 3.63) is 53.1 Å². The maximum Gasteiger partial charge on any atom is 0.419 e. The highest BCUT2D eigenvalue weighted by Gasteiger charge is 2.60. The van der Waals surface area contributed by atoms with Gasteiger partial charge in [0.1, 0.15) is 11.6 Å². The second-order valence-corrected chi connectivity index (χ2v) is 10.4. The van der Waals surface area contributed by atoms with E-state index in [-0.39, 0.29) is 28.1 Å². The number of carbonyl (C=O) groups is 2. The van der Waals surface area contributed by atoms with E-state index in [1.807, 2.05) is 7.05 Å². The summed E-state index contributed by atoms with van der Waals surface area (Å²) in [5, 5.41) is 11.7. The van der Waals surface area contributed by atoms with Gasteiger partial charge in [-0.05, 0) is 82.7 Å². The number of nitrogens with one attached hydrogen (secondary N) is 1. The summed E-state index contributed by atoms with van der Waals surface area (Å²) >= 11 is 5.55. The van der Waals surface area contributed by atoms with Crippen LogP contribution in [0.15, 0.2) is 30.5 Å². The molecule has 0 radical (unpaired) electrons. The van der Waals surface area contributed by atoms with Crippen molar-refractivity contribution in [2.24, 2.45) is 0 Å². The average Bonchev–Trinajstić information content (AvgIpc) is 3.11. The number of anilines is 2. The number of halogens is 4. The highest BCUT2D eigenvalue weighted by atomic mass is 32.1. The lowest BCUT2D eigenvalue weighted by Gasteiger charge is -2.43. The van der Waals surface area contributed by atoms with E-state index in [0.29, 0.717) is 25.3 Å². The van der Waals surface area contributed by atoms with Gasteiger partial charge >= 0.3 is 6.18 Å². The fourth-order valence-electron chi connectivity index (χ4n) is 5.35. The number of hydrogen-bond acceptors (Lipinski definition) is 6. The summed E-state index contributed by atoms with van der Waals surface area (Å²) in [6, 6.07) is 6.16. The molecule has 3 aliphatic rings. The van der Waals surface area contributed by atoms with Crippen molar-refractivity contribution in [1.29, 1.82) is 5.26 Å². The smallest absolute Gasteiger partial charge is 0.349 e. The Morgan fingerprint density at radius 3 is 2.54 bits per heavy atom. The molecule has 5 rings (SSSR count). The van der Waals surface area contributed by atoms with Crippen LogP contribution in [-0.2, 0) is 11.0 Å². The van der Waals surface area contributed by atoms with Gasteiger partial charge in [0.25, 0.3) is 11.8 Å². The number of likely N-dealkylation sites (tertiary alicyclic amines) is 1. The lowest BCUT2D eigenvalue weighted by molar-refractivity contribution is -0.138. The van der Waals surface area contributed by atoms with Crippen LogP contribution >= 0.6 is 12.2 Å². The number of piperidine rings is 1. The first-order valence-electron chi connectivity index (χ1n) is 12.4. The molecule has 13 heteroatoms. The normalized spacial score (nSPS) is 19.8. The number of pyridine rings is 1. The summed E-state index contributed by atoms with van der Waals surface area (Å²) in [4.78, 5) is 34.6. The summed E-state index contributed by atoms with van der Waals surface area (Å²) in [6.45, 7) is 1.60. The number of rotatable bonds is 4. The molecule has 2 aromatic rings. The Hall–Kier alpha value is -3.63. The van der Waals surface area contributed by atoms with Gasteiger partial charge in [0, 0.05) is 6.04 Å². The van der Waals surface area contributed by atoms with Gasteiger partial charge in [-0.2, -0.15) is 18.4 Å². The lowest BCUT2D eigenvalue weighted by atomic mass is 9.75. The summed E-state index contributed by atoms with van der Waals surface area (Å²) < 4.78 is 56.7. The number of nitriles is 1. The molecule has 0 unspecified atom stereocenters. The van der Waals surface area contributed by atoms with Gasteiger partial charge in [-0.15, -0.1) is 0 Å². The van der Waals surface area contributed by atoms with Crippen molar-refractivity contribution in [2.45, 2.75) is 49.9 Å². The molecule has 1 spiro atoms. The van der Waals surface area contributed by atoms with Crippen LogP contribution in [-0.4, -0.2) is 58.5 Å². The highest BCUT2D eigenvalue weighted by molar-refractivity contribution is 7.81. The van der Waals surface area contributed by atoms with Crippen LogP contribution in [0.1, 0.15) is 53.7 Å². The van der Waals surface area contributed by atoms with Gasteiger partial charge in [0.15, 0.2) is 16.6 Å². The van der Waals surface area contributed by atoms with Crippen LogP contribution in [0, 0.1) is 17.1 Å².